The lowest BCUT2D eigenvalue weighted by Gasteiger charge is -2.31. The van der Waals surface area contributed by atoms with Crippen LogP contribution >= 0.6 is 0 Å². The van der Waals surface area contributed by atoms with E-state index in [1.165, 1.54) is 12.3 Å². The fourth-order valence-corrected chi connectivity index (χ4v) is 3.18. The number of amides is 1. The molecule has 1 aliphatic rings. The van der Waals surface area contributed by atoms with Gasteiger partial charge in [0.2, 0.25) is 0 Å². The zero-order chi connectivity index (χ0) is 18.8. The van der Waals surface area contributed by atoms with Gasteiger partial charge in [0, 0.05) is 31.4 Å². The van der Waals surface area contributed by atoms with Crippen molar-refractivity contribution in [2.75, 3.05) is 13.1 Å². The third kappa shape index (κ3) is 3.29. The first-order valence-corrected chi connectivity index (χ1v) is 8.47. The Hall–Kier alpha value is -3.54. The van der Waals surface area contributed by atoms with E-state index >= 15 is 0 Å². The summed E-state index contributed by atoms with van der Waals surface area (Å²) in [6.45, 7) is 0.928. The Morgan fingerprint density at radius 2 is 2.37 bits per heavy atom. The zero-order valence-electron chi connectivity index (χ0n) is 14.2. The molecule has 1 aliphatic heterocycles. The van der Waals surface area contributed by atoms with Crippen LogP contribution < -0.4 is 0 Å². The number of hydrogen-bond donors (Lipinski definition) is 1. The summed E-state index contributed by atoms with van der Waals surface area (Å²) in [4.78, 5) is 25.2. The van der Waals surface area contributed by atoms with Gasteiger partial charge in [-0.05, 0) is 25.0 Å². The number of rotatable bonds is 3. The van der Waals surface area contributed by atoms with E-state index in [2.05, 4.69) is 20.1 Å². The van der Waals surface area contributed by atoms with Gasteiger partial charge in [0.1, 0.15) is 11.8 Å². The highest BCUT2D eigenvalue weighted by atomic mass is 19.1. The Balaban J connectivity index is 1.51. The summed E-state index contributed by atoms with van der Waals surface area (Å²) in [6, 6.07) is 5.03. The number of piperidine rings is 1. The predicted molar refractivity (Wildman–Crippen MR) is 90.9 cm³/mol. The number of likely N-dealkylation sites (tertiary alicyclic amines) is 1. The van der Waals surface area contributed by atoms with Crippen LogP contribution in [0.5, 0.6) is 0 Å². The van der Waals surface area contributed by atoms with Gasteiger partial charge in [-0.3, -0.25) is 9.78 Å². The van der Waals surface area contributed by atoms with E-state index in [1.807, 2.05) is 6.07 Å². The summed E-state index contributed by atoms with van der Waals surface area (Å²) in [5, 5.41) is 12.9. The molecule has 3 aromatic heterocycles. The fourth-order valence-electron chi connectivity index (χ4n) is 3.18. The molecule has 136 valence electrons. The molecule has 8 nitrogen and oxygen atoms in total. The van der Waals surface area contributed by atoms with Crippen LogP contribution in [0.2, 0.25) is 0 Å². The Kier molecular flexibility index (Phi) is 4.38. The van der Waals surface area contributed by atoms with Gasteiger partial charge in [0.05, 0.1) is 17.3 Å². The van der Waals surface area contributed by atoms with Crippen LogP contribution in [0, 0.1) is 17.1 Å². The lowest BCUT2D eigenvalue weighted by Crippen LogP contribution is -2.39. The van der Waals surface area contributed by atoms with Gasteiger partial charge < -0.3 is 14.4 Å². The number of carbonyl (C=O) groups excluding carboxylic acids is 1. The van der Waals surface area contributed by atoms with Gasteiger partial charge in [-0.25, -0.2) is 4.39 Å². The topological polar surface area (TPSA) is 112 Å². The van der Waals surface area contributed by atoms with Crippen molar-refractivity contribution in [2.45, 2.75) is 18.8 Å². The van der Waals surface area contributed by atoms with Gasteiger partial charge in [0.25, 0.3) is 11.8 Å². The normalized spacial score (nSPS) is 16.9. The van der Waals surface area contributed by atoms with Crippen LogP contribution in [0.4, 0.5) is 4.39 Å². The molecule has 0 saturated carbocycles. The number of nitrogens with one attached hydrogen (secondary N) is 1. The van der Waals surface area contributed by atoms with Crippen LogP contribution in [0.1, 0.15) is 40.5 Å². The second-order valence-electron chi connectivity index (χ2n) is 6.32. The quantitative estimate of drug-likeness (QED) is 0.762. The van der Waals surface area contributed by atoms with Gasteiger partial charge in [-0.1, -0.05) is 5.16 Å². The van der Waals surface area contributed by atoms with Crippen molar-refractivity contribution in [3.8, 4) is 17.7 Å². The molecule has 4 rings (SSSR count). The Morgan fingerprint density at radius 3 is 3.15 bits per heavy atom. The van der Waals surface area contributed by atoms with E-state index in [0.717, 1.165) is 19.0 Å². The first-order chi connectivity index (χ1) is 13.2. The number of carbonyl (C=O) groups is 1. The monoisotopic (exact) mass is 366 g/mol. The number of pyridine rings is 1. The number of nitrogens with zero attached hydrogens (tertiary/aromatic N) is 5. The minimum absolute atomic E-state index is 0.00914. The number of aromatic amines is 1. The first kappa shape index (κ1) is 16.9. The summed E-state index contributed by atoms with van der Waals surface area (Å²) in [5.41, 5.74) is 1.04. The van der Waals surface area contributed by atoms with Crippen LogP contribution in [0.15, 0.2) is 35.2 Å². The molecule has 1 fully saturated rings. The molecule has 0 spiro atoms. The number of halogens is 1. The molecular weight excluding hydrogens is 351 g/mol. The zero-order valence-corrected chi connectivity index (χ0v) is 14.2. The van der Waals surface area contributed by atoms with Crippen molar-refractivity contribution in [3.05, 3.63) is 53.5 Å². The average Bonchev–Trinajstić information content (AvgIpc) is 3.37. The molecule has 1 N–H and O–H groups in total. The Morgan fingerprint density at radius 1 is 1.48 bits per heavy atom. The van der Waals surface area contributed by atoms with Crippen molar-refractivity contribution < 1.29 is 13.7 Å². The van der Waals surface area contributed by atoms with Crippen LogP contribution in [0.25, 0.3) is 11.6 Å². The Bertz CT molecular complexity index is 1020. The molecule has 0 bridgehead atoms. The molecule has 0 aliphatic carbocycles. The molecule has 3 aromatic rings. The minimum atomic E-state index is -0.633. The highest BCUT2D eigenvalue weighted by Gasteiger charge is 2.29. The van der Waals surface area contributed by atoms with Gasteiger partial charge in [0.15, 0.2) is 11.6 Å². The van der Waals surface area contributed by atoms with Gasteiger partial charge >= 0.3 is 0 Å². The molecular formula is C18H15FN6O2. The van der Waals surface area contributed by atoms with E-state index < -0.39 is 5.82 Å². The number of H-pyrrole nitrogens is 1. The highest BCUT2D eigenvalue weighted by molar-refractivity contribution is 5.94. The molecule has 0 unspecified atom stereocenters. The summed E-state index contributed by atoms with van der Waals surface area (Å²) in [5.74, 6) is -0.325. The van der Waals surface area contributed by atoms with Crippen LogP contribution in [-0.2, 0) is 0 Å². The highest BCUT2D eigenvalue weighted by Crippen LogP contribution is 2.28. The van der Waals surface area contributed by atoms with E-state index in [9.17, 15) is 9.18 Å². The standard InChI is InChI=1S/C18H15FN6O2/c19-14-9-21-4-3-13(14)18(26)25-5-1-2-12(10-25)16-23-17(27-24-16)15-6-11(7-20)8-22-15/h3-4,6,8-9,12,22H,1-2,5,10H2/t12-/m0/s1. The third-order valence-electron chi connectivity index (χ3n) is 4.56. The summed E-state index contributed by atoms with van der Waals surface area (Å²) >= 11 is 0. The maximum Gasteiger partial charge on any atom is 0.274 e. The smallest absolute Gasteiger partial charge is 0.274 e. The SMILES string of the molecule is N#Cc1c[nH]c(-c2nc([C@H]3CCCN(C(=O)c4ccncc4F)C3)no2)c1. The maximum absolute atomic E-state index is 13.9. The molecule has 9 heteroatoms. The molecule has 1 atom stereocenters. The third-order valence-corrected chi connectivity index (χ3v) is 4.56. The van der Waals surface area contributed by atoms with Crippen LogP contribution in [-0.4, -0.2) is 44.0 Å². The van der Waals surface area contributed by atoms with Crippen molar-refractivity contribution in [2.24, 2.45) is 0 Å². The largest absolute Gasteiger partial charge is 0.356 e. The van der Waals surface area contributed by atoms with Crippen molar-refractivity contribution in [1.29, 1.82) is 5.26 Å². The molecule has 0 radical (unpaired) electrons. The summed E-state index contributed by atoms with van der Waals surface area (Å²) < 4.78 is 19.1. The second kappa shape index (κ2) is 6.99. The lowest BCUT2D eigenvalue weighted by molar-refractivity contribution is 0.0698. The van der Waals surface area contributed by atoms with E-state index in [0.29, 0.717) is 30.2 Å². The van der Waals surface area contributed by atoms with E-state index in [-0.39, 0.29) is 23.3 Å². The number of hydrogen-bond acceptors (Lipinski definition) is 6. The predicted octanol–water partition coefficient (Wildman–Crippen LogP) is 2.49. The fraction of sp³-hybridized carbons (Fsp3) is 0.278. The van der Waals surface area contributed by atoms with Crippen molar-refractivity contribution in [3.63, 3.8) is 0 Å². The number of nitriles is 1. The second-order valence-corrected chi connectivity index (χ2v) is 6.32. The van der Waals surface area contributed by atoms with E-state index in [4.69, 9.17) is 9.78 Å². The van der Waals surface area contributed by atoms with Crippen molar-refractivity contribution >= 4 is 5.91 Å². The molecule has 1 saturated heterocycles. The summed E-state index contributed by atoms with van der Waals surface area (Å²) in [6.07, 6.45) is 5.55. The minimum Gasteiger partial charge on any atom is -0.356 e. The van der Waals surface area contributed by atoms with Crippen LogP contribution in [0.3, 0.4) is 0 Å². The molecule has 4 heterocycles. The maximum atomic E-state index is 13.9. The average molecular weight is 366 g/mol. The Labute approximate surface area is 153 Å². The number of aromatic nitrogens is 4. The van der Waals surface area contributed by atoms with Gasteiger partial charge in [-0.15, -0.1) is 0 Å². The lowest BCUT2D eigenvalue weighted by atomic mass is 9.96. The first-order valence-electron chi connectivity index (χ1n) is 8.47. The molecule has 1 amide bonds. The molecule has 0 aromatic carbocycles. The van der Waals surface area contributed by atoms with Gasteiger partial charge in [-0.2, -0.15) is 10.2 Å². The van der Waals surface area contributed by atoms with Crippen molar-refractivity contribution in [1.82, 2.24) is 25.0 Å². The molecule has 27 heavy (non-hydrogen) atoms. The summed E-state index contributed by atoms with van der Waals surface area (Å²) in [7, 11) is 0. The van der Waals surface area contributed by atoms with E-state index in [1.54, 1.807) is 17.2 Å².